The first-order chi connectivity index (χ1) is 13.6. The van der Waals surface area contributed by atoms with Gasteiger partial charge in [-0.25, -0.2) is 26.5 Å². The molecule has 0 aromatic heterocycles. The van der Waals surface area contributed by atoms with Crippen LogP contribution in [0.25, 0.3) is 11.9 Å². The van der Waals surface area contributed by atoms with Gasteiger partial charge in [-0.05, 0) is 42.8 Å². The van der Waals surface area contributed by atoms with E-state index in [2.05, 4.69) is 4.99 Å². The van der Waals surface area contributed by atoms with Crippen LogP contribution in [0.3, 0.4) is 0 Å². The van der Waals surface area contributed by atoms with Gasteiger partial charge in [-0.2, -0.15) is 5.26 Å². The normalized spacial score (nSPS) is 21.4. The molecule has 0 fully saturated rings. The van der Waals surface area contributed by atoms with Gasteiger partial charge in [0.15, 0.2) is 0 Å². The van der Waals surface area contributed by atoms with Gasteiger partial charge in [0.2, 0.25) is 16.0 Å². The molecule has 0 saturated heterocycles. The second kappa shape index (κ2) is 7.29. The van der Waals surface area contributed by atoms with Gasteiger partial charge in [0.05, 0.1) is 17.4 Å². The molecular weight excluding hydrogens is 398 g/mol. The van der Waals surface area contributed by atoms with Crippen LogP contribution in [0.15, 0.2) is 47.5 Å². The molecule has 29 heavy (non-hydrogen) atoms. The van der Waals surface area contributed by atoms with Gasteiger partial charge in [-0.15, -0.1) is 0 Å². The maximum Gasteiger partial charge on any atom is 0.239 e. The Morgan fingerprint density at radius 2 is 1.97 bits per heavy atom. The summed E-state index contributed by atoms with van der Waals surface area (Å²) in [5, 5.41) is 8.82. The maximum atomic E-state index is 14.6. The lowest BCUT2D eigenvalue weighted by Gasteiger charge is -2.34. The zero-order chi connectivity index (χ0) is 21.4. The van der Waals surface area contributed by atoms with E-state index in [4.69, 9.17) is 11.0 Å². The number of hydrogen-bond donors (Lipinski definition) is 1. The van der Waals surface area contributed by atoms with Crippen molar-refractivity contribution in [1.82, 2.24) is 4.31 Å². The monoisotopic (exact) mass is 416 g/mol. The van der Waals surface area contributed by atoms with Crippen LogP contribution in [0.1, 0.15) is 29.2 Å². The molecule has 150 valence electrons. The van der Waals surface area contributed by atoms with E-state index in [0.717, 1.165) is 10.4 Å². The third-order valence-electron chi connectivity index (χ3n) is 4.72. The Morgan fingerprint density at radius 3 is 2.55 bits per heavy atom. The minimum atomic E-state index is -3.77. The van der Waals surface area contributed by atoms with E-state index in [1.54, 1.807) is 0 Å². The molecule has 0 amide bonds. The number of guanidine groups is 1. The maximum absolute atomic E-state index is 14.6. The van der Waals surface area contributed by atoms with Crippen molar-refractivity contribution >= 4 is 27.9 Å². The van der Waals surface area contributed by atoms with E-state index in [1.165, 1.54) is 56.4 Å². The molecule has 0 spiro atoms. The molecule has 2 aromatic rings. The lowest BCUT2D eigenvalue weighted by Crippen LogP contribution is -2.50. The first kappa shape index (κ1) is 20.5. The van der Waals surface area contributed by atoms with E-state index in [-0.39, 0.29) is 17.1 Å². The third-order valence-corrected chi connectivity index (χ3v) is 6.67. The Balaban J connectivity index is 2.03. The first-order valence-electron chi connectivity index (χ1n) is 8.55. The number of rotatable bonds is 3. The molecule has 6 nitrogen and oxygen atoms in total. The van der Waals surface area contributed by atoms with Gasteiger partial charge < -0.3 is 5.73 Å². The van der Waals surface area contributed by atoms with Gasteiger partial charge in [0, 0.05) is 18.2 Å². The SMILES string of the molecule is CN1C(N)=N[C@](C)(c2cc(/C=C(\F)c3ccc(C#N)cc3)ccc2F)CS1(=O)=O. The van der Waals surface area contributed by atoms with Crippen molar-refractivity contribution in [2.24, 2.45) is 10.7 Å². The van der Waals surface area contributed by atoms with Crippen LogP contribution < -0.4 is 5.73 Å². The second-order valence-corrected chi connectivity index (χ2v) is 8.89. The Hall–Kier alpha value is -3.25. The molecule has 1 aliphatic rings. The van der Waals surface area contributed by atoms with Crippen LogP contribution in [-0.4, -0.2) is 31.5 Å². The molecule has 2 N–H and O–H groups in total. The summed E-state index contributed by atoms with van der Waals surface area (Å²) in [6.45, 7) is 1.47. The summed E-state index contributed by atoms with van der Waals surface area (Å²) in [4.78, 5) is 4.18. The molecule has 0 radical (unpaired) electrons. The topological polar surface area (TPSA) is 99.5 Å². The fourth-order valence-electron chi connectivity index (χ4n) is 3.07. The Bertz CT molecular complexity index is 1170. The van der Waals surface area contributed by atoms with E-state index in [0.29, 0.717) is 11.1 Å². The fourth-order valence-corrected chi connectivity index (χ4v) is 4.52. The summed E-state index contributed by atoms with van der Waals surface area (Å²) in [5.41, 5.74) is 5.25. The first-order valence-corrected chi connectivity index (χ1v) is 10.2. The number of aliphatic imine (C=N–C) groups is 1. The number of nitriles is 1. The Labute approximate surface area is 167 Å². The Kier molecular flexibility index (Phi) is 5.15. The summed E-state index contributed by atoms with van der Waals surface area (Å²) in [5.74, 6) is -1.97. The number of benzene rings is 2. The molecule has 0 unspecified atom stereocenters. The summed E-state index contributed by atoms with van der Waals surface area (Å²) >= 11 is 0. The van der Waals surface area contributed by atoms with Crippen molar-refractivity contribution in [1.29, 1.82) is 5.26 Å². The molecular formula is C20H18F2N4O2S. The van der Waals surface area contributed by atoms with Crippen LogP contribution in [0, 0.1) is 17.1 Å². The molecule has 0 bridgehead atoms. The number of sulfonamides is 1. The zero-order valence-electron chi connectivity index (χ0n) is 15.7. The highest BCUT2D eigenvalue weighted by molar-refractivity contribution is 7.89. The van der Waals surface area contributed by atoms with Gasteiger partial charge in [0.25, 0.3) is 0 Å². The van der Waals surface area contributed by atoms with Crippen molar-refractivity contribution in [3.8, 4) is 6.07 Å². The minimum absolute atomic E-state index is 0.00139. The smallest absolute Gasteiger partial charge is 0.239 e. The number of halogens is 2. The Morgan fingerprint density at radius 1 is 1.31 bits per heavy atom. The number of hydrogen-bond acceptors (Lipinski definition) is 5. The molecule has 1 heterocycles. The van der Waals surface area contributed by atoms with Crippen molar-refractivity contribution in [2.45, 2.75) is 12.5 Å². The van der Waals surface area contributed by atoms with E-state index >= 15 is 0 Å². The quantitative estimate of drug-likeness (QED) is 0.778. The average Bonchev–Trinajstić information content (AvgIpc) is 2.67. The number of nitrogens with zero attached hydrogens (tertiary/aromatic N) is 3. The zero-order valence-corrected chi connectivity index (χ0v) is 16.5. The molecule has 0 saturated carbocycles. The van der Waals surface area contributed by atoms with Gasteiger partial charge in [0.1, 0.15) is 17.2 Å². The number of nitrogens with two attached hydrogens (primary N) is 1. The molecule has 3 rings (SSSR count). The molecule has 1 atom stereocenters. The third kappa shape index (κ3) is 3.98. The lowest BCUT2D eigenvalue weighted by atomic mass is 9.92. The van der Waals surface area contributed by atoms with Gasteiger partial charge in [-0.1, -0.05) is 18.2 Å². The van der Waals surface area contributed by atoms with E-state index in [9.17, 15) is 17.2 Å². The lowest BCUT2D eigenvalue weighted by molar-refractivity contribution is 0.458. The van der Waals surface area contributed by atoms with Crippen molar-refractivity contribution in [3.63, 3.8) is 0 Å². The van der Waals surface area contributed by atoms with Crippen LogP contribution in [0.4, 0.5) is 8.78 Å². The van der Waals surface area contributed by atoms with Crippen molar-refractivity contribution in [2.75, 3.05) is 12.8 Å². The fraction of sp³-hybridized carbons (Fsp3) is 0.200. The largest absolute Gasteiger partial charge is 0.369 e. The van der Waals surface area contributed by atoms with Crippen LogP contribution in [-0.2, 0) is 15.6 Å². The average molecular weight is 416 g/mol. The van der Waals surface area contributed by atoms with E-state index in [1.807, 2.05) is 6.07 Å². The summed E-state index contributed by atoms with van der Waals surface area (Å²) in [6, 6.07) is 11.7. The second-order valence-electron chi connectivity index (χ2n) is 6.89. The summed E-state index contributed by atoms with van der Waals surface area (Å²) in [6.07, 6.45) is 1.20. The van der Waals surface area contributed by atoms with Gasteiger partial charge in [-0.3, -0.25) is 0 Å². The molecule has 2 aromatic carbocycles. The van der Waals surface area contributed by atoms with Crippen LogP contribution in [0.2, 0.25) is 0 Å². The van der Waals surface area contributed by atoms with E-state index < -0.39 is 33.0 Å². The van der Waals surface area contributed by atoms with Crippen LogP contribution in [0.5, 0.6) is 0 Å². The van der Waals surface area contributed by atoms with Crippen molar-refractivity contribution < 1.29 is 17.2 Å². The highest BCUT2D eigenvalue weighted by Gasteiger charge is 2.41. The standard InChI is InChI=1S/C20H18F2N4O2S/c1-20(12-29(27,28)26(2)19(24)25-20)16-9-14(5-8-17(16)21)10-18(22)15-6-3-13(11-23)4-7-15/h3-10H,12H2,1-2H3,(H2,24,25)/b18-10-/t20-/m0/s1. The van der Waals surface area contributed by atoms with Crippen molar-refractivity contribution in [3.05, 3.63) is 70.5 Å². The summed E-state index contributed by atoms with van der Waals surface area (Å²) < 4.78 is 54.7. The predicted molar refractivity (Wildman–Crippen MR) is 107 cm³/mol. The highest BCUT2D eigenvalue weighted by Crippen LogP contribution is 2.34. The highest BCUT2D eigenvalue weighted by atomic mass is 32.2. The van der Waals surface area contributed by atoms with Gasteiger partial charge >= 0.3 is 0 Å². The molecule has 9 heteroatoms. The van der Waals surface area contributed by atoms with Crippen LogP contribution >= 0.6 is 0 Å². The summed E-state index contributed by atoms with van der Waals surface area (Å²) in [7, 11) is -2.50. The minimum Gasteiger partial charge on any atom is -0.369 e. The predicted octanol–water partition coefficient (Wildman–Crippen LogP) is 2.97. The molecule has 0 aliphatic carbocycles. The molecule has 1 aliphatic heterocycles.